The van der Waals surface area contributed by atoms with Crippen molar-refractivity contribution in [2.75, 3.05) is 18.0 Å². The average Bonchev–Trinajstić information content (AvgIpc) is 2.39. The first kappa shape index (κ1) is 13.7. The summed E-state index contributed by atoms with van der Waals surface area (Å²) < 4.78 is 0. The van der Waals surface area contributed by atoms with Crippen molar-refractivity contribution in [2.45, 2.75) is 19.3 Å². The highest BCUT2D eigenvalue weighted by atomic mass is 32.1. The van der Waals surface area contributed by atoms with Gasteiger partial charge in [-0.1, -0.05) is 12.2 Å². The molecule has 0 bridgehead atoms. The molecule has 0 aliphatic carbocycles. The van der Waals surface area contributed by atoms with Gasteiger partial charge in [-0.15, -0.1) is 0 Å². The van der Waals surface area contributed by atoms with E-state index in [4.69, 9.17) is 23.7 Å². The van der Waals surface area contributed by atoms with E-state index in [1.54, 1.807) is 6.20 Å². The normalized spacial score (nSPS) is 16.3. The monoisotopic (exact) mass is 278 g/mol. The van der Waals surface area contributed by atoms with Crippen molar-refractivity contribution < 1.29 is 4.79 Å². The number of thiocarbonyl (C=S) groups is 1. The van der Waals surface area contributed by atoms with Crippen molar-refractivity contribution in [3.8, 4) is 0 Å². The Morgan fingerprint density at radius 1 is 1.42 bits per heavy atom. The molecule has 1 amide bonds. The molecular formula is C13H18N4OS. The molecule has 1 aromatic heterocycles. The van der Waals surface area contributed by atoms with Gasteiger partial charge in [0.25, 0.3) is 0 Å². The van der Waals surface area contributed by atoms with E-state index in [9.17, 15) is 4.79 Å². The molecule has 2 rings (SSSR count). The molecule has 2 heterocycles. The van der Waals surface area contributed by atoms with Crippen LogP contribution in [0.3, 0.4) is 0 Å². The topological polar surface area (TPSA) is 85.2 Å². The number of rotatable bonds is 4. The summed E-state index contributed by atoms with van der Waals surface area (Å²) in [5, 5.41) is 0. The maximum atomic E-state index is 10.9. The smallest absolute Gasteiger partial charge is 0.217 e. The quantitative estimate of drug-likeness (QED) is 0.796. The van der Waals surface area contributed by atoms with Crippen LogP contribution in [0.4, 0.5) is 5.82 Å². The maximum absolute atomic E-state index is 10.9. The van der Waals surface area contributed by atoms with Gasteiger partial charge in [-0.25, -0.2) is 4.98 Å². The number of nitrogens with two attached hydrogens (primary N) is 2. The molecule has 6 heteroatoms. The molecule has 0 atom stereocenters. The Labute approximate surface area is 118 Å². The highest BCUT2D eigenvalue weighted by Gasteiger charge is 2.23. The SMILES string of the molecule is NC(=O)CC1CCN(c2ncccc2C(N)=S)CC1. The Kier molecular flexibility index (Phi) is 4.31. The number of amides is 1. The standard InChI is InChI=1S/C13H18N4OS/c14-11(18)8-9-3-6-17(7-4-9)13-10(12(15)19)2-1-5-16-13/h1-2,5,9H,3-4,6-8H2,(H2,14,18)(H2,15,19). The molecule has 4 N–H and O–H groups in total. The fraction of sp³-hybridized carbons (Fsp3) is 0.462. The lowest BCUT2D eigenvalue weighted by Gasteiger charge is -2.33. The lowest BCUT2D eigenvalue weighted by Crippen LogP contribution is -2.36. The third kappa shape index (κ3) is 3.41. The van der Waals surface area contributed by atoms with Gasteiger partial charge in [0, 0.05) is 25.7 Å². The Hall–Kier alpha value is -1.69. The van der Waals surface area contributed by atoms with Crippen LogP contribution in [0.5, 0.6) is 0 Å². The number of carbonyl (C=O) groups is 1. The third-order valence-corrected chi connectivity index (χ3v) is 3.68. The number of piperidine rings is 1. The minimum absolute atomic E-state index is 0.222. The van der Waals surface area contributed by atoms with E-state index in [0.717, 1.165) is 37.3 Å². The fourth-order valence-electron chi connectivity index (χ4n) is 2.47. The lowest BCUT2D eigenvalue weighted by atomic mass is 9.93. The first-order valence-electron chi connectivity index (χ1n) is 6.36. The van der Waals surface area contributed by atoms with Crippen molar-refractivity contribution in [2.24, 2.45) is 17.4 Å². The number of aromatic nitrogens is 1. The Morgan fingerprint density at radius 2 is 2.11 bits per heavy atom. The van der Waals surface area contributed by atoms with E-state index in [1.165, 1.54) is 0 Å². The van der Waals surface area contributed by atoms with Crippen LogP contribution < -0.4 is 16.4 Å². The van der Waals surface area contributed by atoms with Gasteiger partial charge in [-0.05, 0) is 30.9 Å². The van der Waals surface area contributed by atoms with Gasteiger partial charge in [0.15, 0.2) is 0 Å². The first-order valence-corrected chi connectivity index (χ1v) is 6.77. The van der Waals surface area contributed by atoms with E-state index in [-0.39, 0.29) is 5.91 Å². The second kappa shape index (κ2) is 5.97. The van der Waals surface area contributed by atoms with Gasteiger partial charge in [0.1, 0.15) is 10.8 Å². The van der Waals surface area contributed by atoms with E-state index >= 15 is 0 Å². The van der Waals surface area contributed by atoms with E-state index in [0.29, 0.717) is 17.3 Å². The van der Waals surface area contributed by atoms with Crippen LogP contribution in [0.1, 0.15) is 24.8 Å². The minimum atomic E-state index is -0.222. The minimum Gasteiger partial charge on any atom is -0.389 e. The first-order chi connectivity index (χ1) is 9.08. The van der Waals surface area contributed by atoms with Gasteiger partial charge >= 0.3 is 0 Å². The summed E-state index contributed by atoms with van der Waals surface area (Å²) in [6, 6.07) is 3.72. The summed E-state index contributed by atoms with van der Waals surface area (Å²) in [6.07, 6.45) is 4.09. The number of anilines is 1. The van der Waals surface area contributed by atoms with Crippen LogP contribution in [0.25, 0.3) is 0 Å². The molecule has 1 aliphatic heterocycles. The Bertz CT molecular complexity index is 483. The maximum Gasteiger partial charge on any atom is 0.217 e. The summed E-state index contributed by atoms with van der Waals surface area (Å²) in [4.78, 5) is 17.8. The summed E-state index contributed by atoms with van der Waals surface area (Å²) in [5.41, 5.74) is 11.8. The molecule has 0 spiro atoms. The summed E-state index contributed by atoms with van der Waals surface area (Å²) in [5.74, 6) is 0.998. The van der Waals surface area contributed by atoms with Gasteiger partial charge in [-0.3, -0.25) is 4.79 Å². The molecule has 0 unspecified atom stereocenters. The highest BCUT2D eigenvalue weighted by Crippen LogP contribution is 2.25. The Morgan fingerprint density at radius 3 is 2.68 bits per heavy atom. The molecule has 102 valence electrons. The van der Waals surface area contributed by atoms with Crippen LogP contribution in [0.2, 0.25) is 0 Å². The highest BCUT2D eigenvalue weighted by molar-refractivity contribution is 7.80. The van der Waals surface area contributed by atoms with Gasteiger partial charge < -0.3 is 16.4 Å². The molecule has 1 aromatic rings. The number of hydrogen-bond acceptors (Lipinski definition) is 4. The predicted octanol–water partition coefficient (Wildman–Crippen LogP) is 0.808. The number of carbonyl (C=O) groups excluding carboxylic acids is 1. The number of nitrogens with zero attached hydrogens (tertiary/aromatic N) is 2. The second-order valence-corrected chi connectivity index (χ2v) is 5.28. The molecule has 19 heavy (non-hydrogen) atoms. The molecule has 1 fully saturated rings. The van der Waals surface area contributed by atoms with Crippen LogP contribution in [-0.4, -0.2) is 29.0 Å². The zero-order chi connectivity index (χ0) is 13.8. The van der Waals surface area contributed by atoms with Crippen molar-refractivity contribution >= 4 is 28.9 Å². The molecule has 0 radical (unpaired) electrons. The lowest BCUT2D eigenvalue weighted by molar-refractivity contribution is -0.119. The van der Waals surface area contributed by atoms with Crippen molar-refractivity contribution in [3.05, 3.63) is 23.9 Å². The van der Waals surface area contributed by atoms with E-state index in [2.05, 4.69) is 9.88 Å². The average molecular weight is 278 g/mol. The second-order valence-electron chi connectivity index (χ2n) is 4.84. The number of primary amides is 1. The fourth-order valence-corrected chi connectivity index (χ4v) is 2.63. The van der Waals surface area contributed by atoms with Gasteiger partial charge in [0.2, 0.25) is 5.91 Å². The zero-order valence-electron chi connectivity index (χ0n) is 10.7. The summed E-state index contributed by atoms with van der Waals surface area (Å²) in [7, 11) is 0. The van der Waals surface area contributed by atoms with Crippen molar-refractivity contribution in [1.29, 1.82) is 0 Å². The Balaban J connectivity index is 2.05. The molecule has 5 nitrogen and oxygen atoms in total. The summed E-state index contributed by atoms with van der Waals surface area (Å²) >= 11 is 5.05. The van der Waals surface area contributed by atoms with E-state index < -0.39 is 0 Å². The predicted molar refractivity (Wildman–Crippen MR) is 78.9 cm³/mol. The van der Waals surface area contributed by atoms with Crippen LogP contribution in [0, 0.1) is 5.92 Å². The summed E-state index contributed by atoms with van der Waals surface area (Å²) in [6.45, 7) is 1.70. The van der Waals surface area contributed by atoms with Crippen LogP contribution in [-0.2, 0) is 4.79 Å². The van der Waals surface area contributed by atoms with Crippen LogP contribution >= 0.6 is 12.2 Å². The number of pyridine rings is 1. The number of hydrogen-bond donors (Lipinski definition) is 2. The molecular weight excluding hydrogens is 260 g/mol. The van der Waals surface area contributed by atoms with E-state index in [1.807, 2.05) is 12.1 Å². The van der Waals surface area contributed by atoms with Crippen molar-refractivity contribution in [1.82, 2.24) is 4.98 Å². The third-order valence-electron chi connectivity index (χ3n) is 3.46. The van der Waals surface area contributed by atoms with Crippen molar-refractivity contribution in [3.63, 3.8) is 0 Å². The zero-order valence-corrected chi connectivity index (χ0v) is 11.5. The van der Waals surface area contributed by atoms with Crippen LogP contribution in [0.15, 0.2) is 18.3 Å². The molecule has 0 aromatic carbocycles. The largest absolute Gasteiger partial charge is 0.389 e. The molecule has 1 saturated heterocycles. The molecule has 1 aliphatic rings. The van der Waals surface area contributed by atoms with Gasteiger partial charge in [0.05, 0.1) is 5.56 Å². The van der Waals surface area contributed by atoms with Gasteiger partial charge in [-0.2, -0.15) is 0 Å². The molecule has 0 saturated carbocycles.